The lowest BCUT2D eigenvalue weighted by Gasteiger charge is -2.30. The Morgan fingerprint density at radius 2 is 2.53 bits per heavy atom. The molecule has 0 radical (unpaired) electrons. The number of rotatable bonds is 4. The van der Waals surface area contributed by atoms with Crippen LogP contribution >= 0.6 is 0 Å². The fourth-order valence-corrected chi connectivity index (χ4v) is 3.56. The minimum Gasteiger partial charge on any atom is -0.361 e. The van der Waals surface area contributed by atoms with Gasteiger partial charge in [0.05, 0.1) is 6.10 Å². The molecule has 2 saturated heterocycles. The molecule has 0 amide bonds. The molecule has 0 unspecified atom stereocenters. The Morgan fingerprint density at radius 3 is 3.18 bits per heavy atom. The molecule has 92 valence electrons. The molecule has 4 atom stereocenters. The number of fused-ring (bicyclic) bond motifs is 1. The minimum atomic E-state index is -0.402. The van der Waals surface area contributed by atoms with E-state index < -0.39 is 5.60 Å². The quantitative estimate of drug-likeness (QED) is 0.412. The summed E-state index contributed by atoms with van der Waals surface area (Å²) in [7, 11) is 0. The van der Waals surface area contributed by atoms with Crippen LogP contribution in [0.4, 0.5) is 0 Å². The number of hydrogen-bond acceptors (Lipinski definition) is 4. The van der Waals surface area contributed by atoms with E-state index >= 15 is 0 Å². The molecule has 17 heavy (non-hydrogen) atoms. The number of ether oxygens (including phenoxy) is 1. The molecular weight excluding hydrogens is 220 g/mol. The van der Waals surface area contributed by atoms with Gasteiger partial charge in [0.15, 0.2) is 0 Å². The molecule has 3 heterocycles. The van der Waals surface area contributed by atoms with Crippen LogP contribution in [0.2, 0.25) is 0 Å². The van der Waals surface area contributed by atoms with Gasteiger partial charge in [-0.15, -0.1) is 6.58 Å². The summed E-state index contributed by atoms with van der Waals surface area (Å²) in [6, 6.07) is -0.149. The Bertz CT molecular complexity index is 395. The summed E-state index contributed by atoms with van der Waals surface area (Å²) in [4.78, 5) is 12.7. The van der Waals surface area contributed by atoms with E-state index in [1.807, 2.05) is 0 Å². The van der Waals surface area contributed by atoms with Crippen LogP contribution in [0.25, 0.3) is 0 Å². The molecule has 3 rings (SSSR count). The second kappa shape index (κ2) is 3.65. The van der Waals surface area contributed by atoms with Crippen molar-refractivity contribution in [1.82, 2.24) is 4.90 Å². The highest BCUT2D eigenvalue weighted by molar-refractivity contribution is 5.27. The summed E-state index contributed by atoms with van der Waals surface area (Å²) in [6.45, 7) is 5.24. The van der Waals surface area contributed by atoms with Crippen LogP contribution in [0.1, 0.15) is 6.42 Å². The lowest BCUT2D eigenvalue weighted by atomic mass is 9.82. The van der Waals surface area contributed by atoms with Crippen LogP contribution in [0, 0.1) is 16.0 Å². The van der Waals surface area contributed by atoms with Crippen molar-refractivity contribution in [3.63, 3.8) is 0 Å². The Labute approximate surface area is 99.9 Å². The summed E-state index contributed by atoms with van der Waals surface area (Å²) < 4.78 is 5.98. The Hall–Kier alpha value is -1.20. The molecule has 1 spiro atoms. The monoisotopic (exact) mass is 236 g/mol. The molecule has 3 aliphatic heterocycles. The van der Waals surface area contributed by atoms with E-state index in [-0.39, 0.29) is 23.6 Å². The largest absolute Gasteiger partial charge is 0.361 e. The summed E-state index contributed by atoms with van der Waals surface area (Å²) >= 11 is 0. The van der Waals surface area contributed by atoms with Gasteiger partial charge in [-0.1, -0.05) is 18.2 Å². The number of nitro groups is 1. The SMILES string of the molecule is C=CCN1C[C@@H]2C[C@H]3C=C[C@@]2(O3)[C@@H]1C[N+](=O)[O-]. The summed E-state index contributed by atoms with van der Waals surface area (Å²) in [5.41, 5.74) is -0.402. The smallest absolute Gasteiger partial charge is 0.222 e. The number of likely N-dealkylation sites (tertiary alicyclic amines) is 1. The molecule has 0 aromatic carbocycles. The average molecular weight is 236 g/mol. The fraction of sp³-hybridized carbons (Fsp3) is 0.667. The molecule has 0 saturated carbocycles. The van der Waals surface area contributed by atoms with Crippen LogP contribution in [0.5, 0.6) is 0 Å². The van der Waals surface area contributed by atoms with Crippen molar-refractivity contribution in [3.8, 4) is 0 Å². The van der Waals surface area contributed by atoms with E-state index in [1.165, 1.54) is 0 Å². The van der Waals surface area contributed by atoms with E-state index in [9.17, 15) is 10.1 Å². The third-order valence-electron chi connectivity index (χ3n) is 4.18. The Kier molecular flexibility index (Phi) is 2.34. The molecule has 0 N–H and O–H groups in total. The predicted octanol–water partition coefficient (Wildman–Crippen LogP) is 0.847. The molecule has 2 bridgehead atoms. The third-order valence-corrected chi connectivity index (χ3v) is 4.18. The van der Waals surface area contributed by atoms with E-state index in [1.54, 1.807) is 6.08 Å². The molecule has 0 aromatic rings. The second-order valence-electron chi connectivity index (χ2n) is 5.08. The molecule has 2 fully saturated rings. The molecule has 5 heteroatoms. The third kappa shape index (κ3) is 1.46. The van der Waals surface area contributed by atoms with Crippen LogP contribution in [0.15, 0.2) is 24.8 Å². The van der Waals surface area contributed by atoms with E-state index in [2.05, 4.69) is 23.6 Å². The number of hydrogen-bond donors (Lipinski definition) is 0. The zero-order valence-corrected chi connectivity index (χ0v) is 9.62. The lowest BCUT2D eigenvalue weighted by molar-refractivity contribution is -0.489. The van der Waals surface area contributed by atoms with Crippen molar-refractivity contribution < 1.29 is 9.66 Å². The highest BCUT2D eigenvalue weighted by Crippen LogP contribution is 2.51. The van der Waals surface area contributed by atoms with Gasteiger partial charge in [0.25, 0.3) is 0 Å². The maximum atomic E-state index is 10.8. The fourth-order valence-electron chi connectivity index (χ4n) is 3.56. The molecule has 5 nitrogen and oxygen atoms in total. The first-order valence-corrected chi connectivity index (χ1v) is 5.99. The van der Waals surface area contributed by atoms with Gasteiger partial charge in [0, 0.05) is 23.9 Å². The summed E-state index contributed by atoms with van der Waals surface area (Å²) in [5, 5.41) is 10.8. The summed E-state index contributed by atoms with van der Waals surface area (Å²) in [5.74, 6) is 0.405. The normalized spacial score (nSPS) is 42.9. The summed E-state index contributed by atoms with van der Waals surface area (Å²) in [6.07, 6.45) is 7.10. The van der Waals surface area contributed by atoms with Crippen LogP contribution < -0.4 is 0 Å². The van der Waals surface area contributed by atoms with Crippen molar-refractivity contribution in [3.05, 3.63) is 34.9 Å². The lowest BCUT2D eigenvalue weighted by Crippen LogP contribution is -2.48. The molecule has 0 aromatic heterocycles. The maximum absolute atomic E-state index is 10.8. The van der Waals surface area contributed by atoms with E-state index in [4.69, 9.17) is 4.74 Å². The van der Waals surface area contributed by atoms with Gasteiger partial charge in [-0.25, -0.2) is 0 Å². The first-order chi connectivity index (χ1) is 8.15. The maximum Gasteiger partial charge on any atom is 0.222 e. The zero-order chi connectivity index (χ0) is 12.0. The highest BCUT2D eigenvalue weighted by Gasteiger charge is 2.62. The van der Waals surface area contributed by atoms with Crippen molar-refractivity contribution in [2.45, 2.75) is 24.2 Å². The highest BCUT2D eigenvalue weighted by atomic mass is 16.6. The van der Waals surface area contributed by atoms with E-state index in [0.717, 1.165) is 13.0 Å². The van der Waals surface area contributed by atoms with Crippen LogP contribution in [0.3, 0.4) is 0 Å². The van der Waals surface area contributed by atoms with Gasteiger partial charge in [-0.3, -0.25) is 15.0 Å². The Balaban J connectivity index is 1.89. The number of nitrogens with zero attached hydrogens (tertiary/aromatic N) is 2. The van der Waals surface area contributed by atoms with Gasteiger partial charge >= 0.3 is 0 Å². The van der Waals surface area contributed by atoms with E-state index in [0.29, 0.717) is 12.5 Å². The zero-order valence-electron chi connectivity index (χ0n) is 9.62. The first kappa shape index (κ1) is 10.9. The van der Waals surface area contributed by atoms with Crippen molar-refractivity contribution in [2.75, 3.05) is 19.6 Å². The standard InChI is InChI=1S/C12H16N2O3/c1-2-5-13-7-9-6-10-3-4-12(9,17-10)11(13)8-14(15)16/h2-4,9-11H,1,5-8H2/t9-,10+,11-,12-/m0/s1. The molecular formula is C12H16N2O3. The van der Waals surface area contributed by atoms with Gasteiger partial charge in [0.2, 0.25) is 6.54 Å². The Morgan fingerprint density at radius 1 is 1.71 bits per heavy atom. The van der Waals surface area contributed by atoms with Gasteiger partial charge in [-0.05, 0) is 6.42 Å². The topological polar surface area (TPSA) is 55.6 Å². The van der Waals surface area contributed by atoms with Crippen molar-refractivity contribution in [2.24, 2.45) is 5.92 Å². The minimum absolute atomic E-state index is 0.0542. The second-order valence-corrected chi connectivity index (χ2v) is 5.08. The first-order valence-electron chi connectivity index (χ1n) is 5.99. The van der Waals surface area contributed by atoms with Crippen LogP contribution in [-0.4, -0.2) is 47.2 Å². The van der Waals surface area contributed by atoms with Gasteiger partial charge in [0.1, 0.15) is 11.6 Å². The molecule has 0 aliphatic carbocycles. The van der Waals surface area contributed by atoms with Crippen LogP contribution in [-0.2, 0) is 4.74 Å². The van der Waals surface area contributed by atoms with Gasteiger partial charge < -0.3 is 4.74 Å². The van der Waals surface area contributed by atoms with Gasteiger partial charge in [-0.2, -0.15) is 0 Å². The molecule has 3 aliphatic rings. The van der Waals surface area contributed by atoms with Crippen molar-refractivity contribution >= 4 is 0 Å². The average Bonchev–Trinajstić information content (AvgIpc) is 2.89. The predicted molar refractivity (Wildman–Crippen MR) is 62.3 cm³/mol. The van der Waals surface area contributed by atoms with Crippen molar-refractivity contribution in [1.29, 1.82) is 0 Å².